The first kappa shape index (κ1) is 15.3. The maximum Gasteiger partial charge on any atom is 0.336 e. The third-order valence-corrected chi connectivity index (χ3v) is 3.82. The standard InChI is InChI=1S/C20H20O3/c1-2-3-7-12-22-16-10-11-17-18(15-8-5-4-6-9-15)14-20(21)23-19(17)13-16/h4-6,8-11,13-14H,2-3,7,12H2,1H3. The zero-order valence-corrected chi connectivity index (χ0v) is 13.2. The third kappa shape index (κ3) is 3.62. The summed E-state index contributed by atoms with van der Waals surface area (Å²) in [5.41, 5.74) is 2.10. The minimum Gasteiger partial charge on any atom is -0.493 e. The molecule has 0 aliphatic rings. The summed E-state index contributed by atoms with van der Waals surface area (Å²) in [6, 6.07) is 17.1. The van der Waals surface area contributed by atoms with E-state index in [1.54, 1.807) is 12.1 Å². The van der Waals surface area contributed by atoms with Crippen molar-refractivity contribution in [1.29, 1.82) is 0 Å². The van der Waals surface area contributed by atoms with E-state index in [1.807, 2.05) is 42.5 Å². The quantitative estimate of drug-likeness (QED) is 0.473. The van der Waals surface area contributed by atoms with Crippen LogP contribution >= 0.6 is 0 Å². The van der Waals surface area contributed by atoms with E-state index < -0.39 is 0 Å². The number of ether oxygens (including phenoxy) is 1. The molecule has 3 rings (SSSR count). The average Bonchev–Trinajstić information content (AvgIpc) is 2.58. The van der Waals surface area contributed by atoms with Crippen LogP contribution in [-0.4, -0.2) is 6.61 Å². The highest BCUT2D eigenvalue weighted by Gasteiger charge is 2.08. The molecule has 0 bridgehead atoms. The van der Waals surface area contributed by atoms with Crippen molar-refractivity contribution in [3.8, 4) is 16.9 Å². The summed E-state index contributed by atoms with van der Waals surface area (Å²) in [6.07, 6.45) is 3.35. The number of benzene rings is 2. The van der Waals surface area contributed by atoms with E-state index in [2.05, 4.69) is 6.92 Å². The Kier molecular flexibility index (Phi) is 4.77. The van der Waals surface area contributed by atoms with Crippen LogP contribution in [0.5, 0.6) is 5.75 Å². The first-order valence-corrected chi connectivity index (χ1v) is 8.04. The van der Waals surface area contributed by atoms with E-state index in [-0.39, 0.29) is 5.63 Å². The molecule has 1 heterocycles. The zero-order chi connectivity index (χ0) is 16.1. The molecule has 0 atom stereocenters. The molecule has 0 saturated heterocycles. The molecule has 2 aromatic carbocycles. The van der Waals surface area contributed by atoms with Crippen molar-refractivity contribution in [2.75, 3.05) is 6.61 Å². The summed E-state index contributed by atoms with van der Waals surface area (Å²) < 4.78 is 11.1. The van der Waals surface area contributed by atoms with Gasteiger partial charge in [0.05, 0.1) is 6.61 Å². The van der Waals surface area contributed by atoms with Crippen LogP contribution in [0.25, 0.3) is 22.1 Å². The van der Waals surface area contributed by atoms with E-state index in [0.717, 1.165) is 41.5 Å². The van der Waals surface area contributed by atoms with Crippen molar-refractivity contribution in [1.82, 2.24) is 0 Å². The lowest BCUT2D eigenvalue weighted by atomic mass is 10.0. The number of hydrogen-bond acceptors (Lipinski definition) is 3. The summed E-state index contributed by atoms with van der Waals surface area (Å²) in [5.74, 6) is 0.738. The molecule has 1 aromatic heterocycles. The molecule has 3 aromatic rings. The molecule has 0 saturated carbocycles. The zero-order valence-electron chi connectivity index (χ0n) is 13.2. The Morgan fingerprint density at radius 2 is 1.83 bits per heavy atom. The van der Waals surface area contributed by atoms with E-state index in [9.17, 15) is 4.79 Å². The molecular weight excluding hydrogens is 288 g/mol. The highest BCUT2D eigenvalue weighted by atomic mass is 16.5. The predicted octanol–water partition coefficient (Wildman–Crippen LogP) is 5.03. The Hall–Kier alpha value is -2.55. The maximum atomic E-state index is 11.9. The first-order chi connectivity index (χ1) is 11.3. The van der Waals surface area contributed by atoms with Gasteiger partial charge in [-0.3, -0.25) is 0 Å². The van der Waals surface area contributed by atoms with Gasteiger partial charge in [0.25, 0.3) is 0 Å². The molecule has 0 fully saturated rings. The SMILES string of the molecule is CCCCCOc1ccc2c(-c3ccccc3)cc(=O)oc2c1. The van der Waals surface area contributed by atoms with Crippen LogP contribution in [0.3, 0.4) is 0 Å². The van der Waals surface area contributed by atoms with E-state index in [0.29, 0.717) is 12.2 Å². The molecule has 23 heavy (non-hydrogen) atoms. The van der Waals surface area contributed by atoms with Crippen LogP contribution in [0.1, 0.15) is 26.2 Å². The van der Waals surface area contributed by atoms with Gasteiger partial charge in [-0.2, -0.15) is 0 Å². The van der Waals surface area contributed by atoms with Crippen molar-refractivity contribution in [2.24, 2.45) is 0 Å². The molecule has 3 heteroatoms. The predicted molar refractivity (Wildman–Crippen MR) is 92.9 cm³/mol. The molecule has 3 nitrogen and oxygen atoms in total. The van der Waals surface area contributed by atoms with E-state index in [4.69, 9.17) is 9.15 Å². The van der Waals surface area contributed by atoms with Crippen LogP contribution < -0.4 is 10.4 Å². The smallest absolute Gasteiger partial charge is 0.336 e. The highest BCUT2D eigenvalue weighted by molar-refractivity contribution is 5.93. The third-order valence-electron chi connectivity index (χ3n) is 3.82. The Balaban J connectivity index is 1.96. The Morgan fingerprint density at radius 1 is 1.00 bits per heavy atom. The fourth-order valence-electron chi connectivity index (χ4n) is 2.63. The molecule has 118 valence electrons. The average molecular weight is 308 g/mol. The van der Waals surface area contributed by atoms with Gasteiger partial charge in [0.1, 0.15) is 11.3 Å². The van der Waals surface area contributed by atoms with Gasteiger partial charge < -0.3 is 9.15 Å². The van der Waals surface area contributed by atoms with Gasteiger partial charge in [-0.15, -0.1) is 0 Å². The fourth-order valence-corrected chi connectivity index (χ4v) is 2.63. The molecule has 0 unspecified atom stereocenters. The first-order valence-electron chi connectivity index (χ1n) is 8.04. The molecule has 0 aliphatic carbocycles. The maximum absolute atomic E-state index is 11.9. The summed E-state index contributed by atoms with van der Waals surface area (Å²) in [5, 5.41) is 0.914. The van der Waals surface area contributed by atoms with Crippen LogP contribution in [0.2, 0.25) is 0 Å². The van der Waals surface area contributed by atoms with E-state index >= 15 is 0 Å². The highest BCUT2D eigenvalue weighted by Crippen LogP contribution is 2.29. The summed E-state index contributed by atoms with van der Waals surface area (Å²) in [7, 11) is 0. The number of unbranched alkanes of at least 4 members (excludes halogenated alkanes) is 2. The Morgan fingerprint density at radius 3 is 2.61 bits per heavy atom. The Bertz CT molecular complexity index is 834. The van der Waals surface area contributed by atoms with Gasteiger partial charge in [0.2, 0.25) is 0 Å². The van der Waals surface area contributed by atoms with Gasteiger partial charge in [0, 0.05) is 17.5 Å². The van der Waals surface area contributed by atoms with Crippen LogP contribution in [-0.2, 0) is 0 Å². The number of rotatable bonds is 6. The molecular formula is C20H20O3. The van der Waals surface area contributed by atoms with Crippen LogP contribution in [0.4, 0.5) is 0 Å². The second-order valence-electron chi connectivity index (χ2n) is 5.56. The summed E-state index contributed by atoms with van der Waals surface area (Å²) in [6.45, 7) is 2.84. The lowest BCUT2D eigenvalue weighted by Gasteiger charge is -2.09. The minimum atomic E-state index is -0.348. The van der Waals surface area contributed by atoms with Crippen molar-refractivity contribution in [3.63, 3.8) is 0 Å². The van der Waals surface area contributed by atoms with Crippen LogP contribution in [0, 0.1) is 0 Å². The van der Waals surface area contributed by atoms with Crippen molar-refractivity contribution >= 4 is 11.0 Å². The largest absolute Gasteiger partial charge is 0.493 e. The van der Waals surface area contributed by atoms with Crippen molar-refractivity contribution in [3.05, 3.63) is 65.0 Å². The number of fused-ring (bicyclic) bond motifs is 1. The monoisotopic (exact) mass is 308 g/mol. The molecule has 0 N–H and O–H groups in total. The number of hydrogen-bond donors (Lipinski definition) is 0. The molecule has 0 amide bonds. The summed E-state index contributed by atoms with van der Waals surface area (Å²) >= 11 is 0. The summed E-state index contributed by atoms with van der Waals surface area (Å²) in [4.78, 5) is 11.9. The van der Waals surface area contributed by atoms with Gasteiger partial charge >= 0.3 is 5.63 Å². The topological polar surface area (TPSA) is 39.4 Å². The van der Waals surface area contributed by atoms with Crippen molar-refractivity contribution < 1.29 is 9.15 Å². The second kappa shape index (κ2) is 7.14. The van der Waals surface area contributed by atoms with Gasteiger partial charge in [-0.05, 0) is 29.7 Å². The fraction of sp³-hybridized carbons (Fsp3) is 0.250. The molecule has 0 radical (unpaired) electrons. The van der Waals surface area contributed by atoms with Gasteiger partial charge in [-0.25, -0.2) is 4.79 Å². The lowest BCUT2D eigenvalue weighted by Crippen LogP contribution is -2.00. The van der Waals surface area contributed by atoms with Gasteiger partial charge in [0.15, 0.2) is 0 Å². The van der Waals surface area contributed by atoms with Crippen molar-refractivity contribution in [2.45, 2.75) is 26.2 Å². The van der Waals surface area contributed by atoms with E-state index in [1.165, 1.54) is 0 Å². The normalized spacial score (nSPS) is 10.8. The minimum absolute atomic E-state index is 0.348. The second-order valence-corrected chi connectivity index (χ2v) is 5.56. The molecule has 0 spiro atoms. The Labute approximate surface area is 135 Å². The van der Waals surface area contributed by atoms with Gasteiger partial charge in [-0.1, -0.05) is 50.1 Å². The lowest BCUT2D eigenvalue weighted by molar-refractivity contribution is 0.306. The molecule has 0 aliphatic heterocycles. The van der Waals surface area contributed by atoms with Crippen LogP contribution in [0.15, 0.2) is 63.8 Å².